The van der Waals surface area contributed by atoms with E-state index in [4.69, 9.17) is 35.0 Å². The zero-order valence-corrected chi connectivity index (χ0v) is 29.2. The second-order valence-corrected chi connectivity index (χ2v) is 12.3. The van der Waals surface area contributed by atoms with Gasteiger partial charge in [-0.3, -0.25) is 9.79 Å². The van der Waals surface area contributed by atoms with Crippen molar-refractivity contribution in [2.45, 2.75) is 0 Å². The predicted molar refractivity (Wildman–Crippen MR) is 198 cm³/mol. The molecule has 6 aromatic carbocycles. The molecule has 0 saturated carbocycles. The number of nitriles is 6. The second-order valence-electron chi connectivity index (χ2n) is 11.1. The van der Waals surface area contributed by atoms with Crippen LogP contribution in [0.4, 0.5) is 0 Å². The molecule has 0 unspecified atom stereocenters. The third-order valence-corrected chi connectivity index (χ3v) is 8.09. The lowest BCUT2D eigenvalue weighted by molar-refractivity contribution is 0.283. The second kappa shape index (κ2) is 17.4. The van der Waals surface area contributed by atoms with Gasteiger partial charge in [0, 0.05) is 5.56 Å². The lowest BCUT2D eigenvalue weighted by Crippen LogP contribution is -1.95. The Labute approximate surface area is 315 Å². The molecule has 0 spiro atoms. The number of phosphoric acid groups is 1. The summed E-state index contributed by atoms with van der Waals surface area (Å²) in [5, 5.41) is 53.8. The van der Waals surface area contributed by atoms with Gasteiger partial charge in [0.25, 0.3) is 0 Å². The minimum atomic E-state index is -4.91. The van der Waals surface area contributed by atoms with Crippen LogP contribution >= 0.6 is 7.82 Å². The Morgan fingerprint density at radius 1 is 0.436 bits per heavy atom. The highest BCUT2D eigenvalue weighted by Crippen LogP contribution is 2.46. The van der Waals surface area contributed by atoms with Gasteiger partial charge >= 0.3 is 7.82 Å². The minimum absolute atomic E-state index is 0.0396. The van der Waals surface area contributed by atoms with E-state index in [9.17, 15) is 24.9 Å². The highest BCUT2D eigenvalue weighted by Gasteiger charge is 2.22. The quantitative estimate of drug-likeness (QED) is 0.139. The molecule has 6 aromatic rings. The number of rotatable bonds is 8. The zero-order chi connectivity index (χ0) is 39.4. The minimum Gasteiger partial charge on any atom is -0.457 e. The monoisotopic (exact) mass is 738 g/mol. The van der Waals surface area contributed by atoms with Crippen molar-refractivity contribution >= 4 is 7.82 Å². The van der Waals surface area contributed by atoms with Crippen molar-refractivity contribution in [2.24, 2.45) is 0 Å². The van der Waals surface area contributed by atoms with Crippen molar-refractivity contribution in [1.29, 1.82) is 31.6 Å². The highest BCUT2D eigenvalue weighted by molar-refractivity contribution is 7.46. The Bertz CT molecular complexity index is 2670. The zero-order valence-electron chi connectivity index (χ0n) is 28.3. The number of nitrogens with zero attached hydrogens (tertiary/aromatic N) is 6. The molecule has 0 aliphatic carbocycles. The molecule has 2 N–H and O–H groups in total. The maximum Gasteiger partial charge on any atom is 0.524 e. The normalized spacial score (nSPS) is 9.96. The first kappa shape index (κ1) is 38.1. The van der Waals surface area contributed by atoms with E-state index in [1.807, 2.05) is 36.4 Å². The molecule has 262 valence electrons. The molecule has 0 fully saturated rings. The van der Waals surface area contributed by atoms with Gasteiger partial charge in [-0.25, -0.2) is 4.57 Å². The lowest BCUT2D eigenvalue weighted by atomic mass is 9.93. The molecule has 0 amide bonds. The van der Waals surface area contributed by atoms with Crippen LogP contribution < -0.4 is 14.0 Å². The summed E-state index contributed by atoms with van der Waals surface area (Å²) in [5.41, 5.74) is 4.00. The fraction of sp³-hybridized carbons (Fsp3) is 0. The molecule has 0 aliphatic heterocycles. The van der Waals surface area contributed by atoms with Gasteiger partial charge in [-0.2, -0.15) is 31.6 Å². The van der Waals surface area contributed by atoms with E-state index in [0.29, 0.717) is 56.4 Å². The molecule has 0 atom stereocenters. The van der Waals surface area contributed by atoms with Crippen molar-refractivity contribution in [3.05, 3.63) is 161 Å². The average molecular weight is 739 g/mol. The van der Waals surface area contributed by atoms with Crippen LogP contribution in [-0.4, -0.2) is 9.79 Å². The number of ether oxygens (including phenoxy) is 2. The molecule has 12 nitrogen and oxygen atoms in total. The summed E-state index contributed by atoms with van der Waals surface area (Å²) in [6.07, 6.45) is 0. The van der Waals surface area contributed by atoms with E-state index in [1.54, 1.807) is 97.1 Å². The first-order valence-electron chi connectivity index (χ1n) is 15.8. The van der Waals surface area contributed by atoms with Crippen LogP contribution in [0, 0.1) is 68.0 Å². The van der Waals surface area contributed by atoms with Gasteiger partial charge in [-0.1, -0.05) is 48.5 Å². The molecule has 55 heavy (non-hydrogen) atoms. The Balaban J connectivity index is 0.000000504. The summed E-state index contributed by atoms with van der Waals surface area (Å²) >= 11 is 0. The molecule has 13 heteroatoms. The topological polar surface area (TPSA) is 228 Å². The van der Waals surface area contributed by atoms with Gasteiger partial charge in [0.2, 0.25) is 0 Å². The first-order valence-corrected chi connectivity index (χ1v) is 17.3. The Morgan fingerprint density at radius 3 is 1.25 bits per heavy atom. The van der Waals surface area contributed by atoms with Crippen molar-refractivity contribution < 1.29 is 28.3 Å². The summed E-state index contributed by atoms with van der Waals surface area (Å²) in [7, 11) is -4.91. The number of phosphoric ester groups is 1. The van der Waals surface area contributed by atoms with Crippen molar-refractivity contribution in [3.63, 3.8) is 0 Å². The third kappa shape index (κ3) is 9.58. The Morgan fingerprint density at radius 2 is 0.836 bits per heavy atom. The van der Waals surface area contributed by atoms with E-state index in [0.717, 1.165) is 0 Å². The van der Waals surface area contributed by atoms with E-state index >= 15 is 0 Å². The molecule has 0 aromatic heterocycles. The summed E-state index contributed by atoms with van der Waals surface area (Å²) in [6.45, 7) is 0. The van der Waals surface area contributed by atoms with Crippen molar-refractivity contribution in [1.82, 2.24) is 0 Å². The van der Waals surface area contributed by atoms with Crippen molar-refractivity contribution in [3.8, 4) is 87.4 Å². The van der Waals surface area contributed by atoms with Crippen LogP contribution in [0.2, 0.25) is 0 Å². The smallest absolute Gasteiger partial charge is 0.457 e. The van der Waals surface area contributed by atoms with E-state index < -0.39 is 7.82 Å². The predicted octanol–water partition coefficient (Wildman–Crippen LogP) is 8.99. The van der Waals surface area contributed by atoms with Gasteiger partial charge in [0.05, 0.1) is 33.4 Å². The highest BCUT2D eigenvalue weighted by atomic mass is 31.2. The maximum absolute atomic E-state index is 11.8. The van der Waals surface area contributed by atoms with E-state index in [2.05, 4.69) is 0 Å². The maximum atomic E-state index is 11.8. The largest absolute Gasteiger partial charge is 0.524 e. The molecular weight excluding hydrogens is 715 g/mol. The van der Waals surface area contributed by atoms with Crippen LogP contribution in [0.15, 0.2) is 127 Å². The van der Waals surface area contributed by atoms with Gasteiger partial charge in [0.1, 0.15) is 65.2 Å². The molecule has 0 radical (unpaired) electrons. The molecule has 0 aliphatic rings. The third-order valence-electron chi connectivity index (χ3n) is 7.66. The fourth-order valence-corrected chi connectivity index (χ4v) is 5.58. The van der Waals surface area contributed by atoms with E-state index in [1.165, 1.54) is 30.3 Å². The standard InChI is InChI=1S/C34H19N4O6P.C8H4N2/c35-18-24-8-14-30(16-26(24)20-37)42-28-10-4-22(5-11-28)32-2-1-3-33(44-45(39,40)41)34(32)23-6-12-29(13-7-23)43-31-15-9-25(19-36)27(17-31)21-38;9-5-7-3-1-2-4-8(7)6-10/h1-17H,(H2,39,40,41);1-4H. The fourth-order valence-electron chi connectivity index (χ4n) is 5.17. The number of hydrogen-bond acceptors (Lipinski definition) is 10. The molecule has 6 rings (SSSR count). The molecule has 0 heterocycles. The van der Waals surface area contributed by atoms with Crippen molar-refractivity contribution in [2.75, 3.05) is 0 Å². The average Bonchev–Trinajstić information content (AvgIpc) is 3.21. The van der Waals surface area contributed by atoms with Gasteiger partial charge in [0.15, 0.2) is 0 Å². The SMILES string of the molecule is N#Cc1ccc(Oc2ccc(-c3cccc(OP(=O)(O)O)c3-c3ccc(Oc4ccc(C#N)c(C#N)c4)cc3)cc2)cc1C#N.N#Cc1ccccc1C#N. The van der Waals surface area contributed by atoms with Crippen LogP contribution in [0.5, 0.6) is 28.7 Å². The van der Waals surface area contributed by atoms with Crippen LogP contribution in [-0.2, 0) is 4.57 Å². The lowest BCUT2D eigenvalue weighted by Gasteiger charge is -2.17. The first-order chi connectivity index (χ1) is 26.6. The Hall–Kier alpha value is -8.19. The van der Waals surface area contributed by atoms with Gasteiger partial charge < -0.3 is 14.0 Å². The van der Waals surface area contributed by atoms with Crippen LogP contribution in [0.25, 0.3) is 22.3 Å². The summed E-state index contributed by atoms with van der Waals surface area (Å²) in [4.78, 5) is 19.2. The summed E-state index contributed by atoms with van der Waals surface area (Å²) in [5.74, 6) is 1.58. The Kier molecular flexibility index (Phi) is 12.0. The summed E-state index contributed by atoms with van der Waals surface area (Å²) in [6, 6.07) is 46.0. The van der Waals surface area contributed by atoms with Gasteiger partial charge in [-0.15, -0.1) is 0 Å². The molecule has 0 bridgehead atoms. The van der Waals surface area contributed by atoms with Gasteiger partial charge in [-0.05, 0) is 95.6 Å². The summed E-state index contributed by atoms with van der Waals surface area (Å²) < 4.78 is 28.6. The number of hydrogen-bond donors (Lipinski definition) is 2. The van der Waals surface area contributed by atoms with Crippen LogP contribution in [0.3, 0.4) is 0 Å². The number of benzene rings is 6. The molecule has 0 saturated heterocycles. The van der Waals surface area contributed by atoms with Crippen LogP contribution in [0.1, 0.15) is 33.4 Å². The van der Waals surface area contributed by atoms with E-state index in [-0.39, 0.29) is 28.0 Å². The molecular formula is C42H23N6O6P.